The molecule has 1 heterocycles. The second-order valence-electron chi connectivity index (χ2n) is 9.99. The molecule has 1 aliphatic heterocycles. The third-order valence-corrected chi connectivity index (χ3v) is 13.3. The van der Waals surface area contributed by atoms with Crippen LogP contribution in [-0.2, 0) is 4.43 Å². The number of rotatable bonds is 6. The van der Waals surface area contributed by atoms with Crippen molar-refractivity contribution in [1.82, 2.24) is 0 Å². The number of hydrogen-bond donors (Lipinski definition) is 1. The Labute approximate surface area is 177 Å². The van der Waals surface area contributed by atoms with Crippen molar-refractivity contribution in [3.8, 4) is 0 Å². The molecule has 0 aromatic heterocycles. The van der Waals surface area contributed by atoms with E-state index in [4.69, 9.17) is 16.0 Å². The molecular formula is C23H38ClNO2Si. The van der Waals surface area contributed by atoms with Crippen LogP contribution in [0.3, 0.4) is 0 Å². The lowest BCUT2D eigenvalue weighted by Crippen LogP contribution is -2.59. The molecule has 3 nitrogen and oxygen atoms in total. The molecule has 1 aromatic carbocycles. The minimum Gasteiger partial charge on any atom is -0.410 e. The maximum atomic E-state index is 11.5. The zero-order chi connectivity index (χ0) is 21.6. The molecule has 0 amide bonds. The van der Waals surface area contributed by atoms with Crippen molar-refractivity contribution in [2.75, 3.05) is 5.32 Å². The molecule has 2 atom stereocenters. The van der Waals surface area contributed by atoms with Crippen LogP contribution in [0.25, 0.3) is 0 Å². The van der Waals surface area contributed by atoms with Gasteiger partial charge in [-0.2, -0.15) is 0 Å². The van der Waals surface area contributed by atoms with Crippen molar-refractivity contribution < 1.29 is 9.22 Å². The average molecular weight is 424 g/mol. The molecule has 5 heteroatoms. The summed E-state index contributed by atoms with van der Waals surface area (Å²) < 4.78 is 7.25. The number of benzene rings is 1. The first-order valence-electron chi connectivity index (χ1n) is 10.5. The Morgan fingerprint density at radius 3 is 2.07 bits per heavy atom. The van der Waals surface area contributed by atoms with E-state index in [1.807, 2.05) is 13.0 Å². The Hall–Kier alpha value is -0.843. The van der Waals surface area contributed by atoms with E-state index in [2.05, 4.69) is 67.6 Å². The van der Waals surface area contributed by atoms with E-state index in [0.29, 0.717) is 27.2 Å². The van der Waals surface area contributed by atoms with Gasteiger partial charge >= 0.3 is 0 Å². The molecule has 28 heavy (non-hydrogen) atoms. The third kappa shape index (κ3) is 3.68. The summed E-state index contributed by atoms with van der Waals surface area (Å²) in [6.07, 6.45) is 0.838. The summed E-state index contributed by atoms with van der Waals surface area (Å²) in [6, 6.07) is 1.88. The molecule has 0 bridgehead atoms. The van der Waals surface area contributed by atoms with Gasteiger partial charge in [0.1, 0.15) is 0 Å². The van der Waals surface area contributed by atoms with Crippen LogP contribution in [0.5, 0.6) is 0 Å². The second-order valence-corrected chi connectivity index (χ2v) is 15.8. The van der Waals surface area contributed by atoms with E-state index in [0.717, 1.165) is 23.1 Å². The van der Waals surface area contributed by atoms with Gasteiger partial charge in [-0.05, 0) is 49.0 Å². The number of hydrogen-bond acceptors (Lipinski definition) is 3. The van der Waals surface area contributed by atoms with Crippen LogP contribution >= 0.6 is 11.6 Å². The van der Waals surface area contributed by atoms with Crippen molar-refractivity contribution in [3.05, 3.63) is 27.8 Å². The monoisotopic (exact) mass is 423 g/mol. The van der Waals surface area contributed by atoms with Crippen molar-refractivity contribution in [1.29, 1.82) is 0 Å². The van der Waals surface area contributed by atoms with Crippen LogP contribution in [0.4, 0.5) is 5.69 Å². The molecular weight excluding hydrogens is 386 g/mol. The van der Waals surface area contributed by atoms with Gasteiger partial charge in [0.05, 0.1) is 16.7 Å². The predicted molar refractivity (Wildman–Crippen MR) is 124 cm³/mol. The minimum absolute atomic E-state index is 0.0160. The van der Waals surface area contributed by atoms with Crippen LogP contribution < -0.4 is 5.32 Å². The number of fused-ring (bicyclic) bond motifs is 1. The highest BCUT2D eigenvalue weighted by atomic mass is 35.5. The highest BCUT2D eigenvalue weighted by Gasteiger charge is 2.52. The molecule has 0 saturated carbocycles. The molecule has 0 spiro atoms. The number of anilines is 1. The third-order valence-electron chi connectivity index (χ3n) is 6.76. The van der Waals surface area contributed by atoms with E-state index in [1.165, 1.54) is 0 Å². The number of halogens is 1. The van der Waals surface area contributed by atoms with Gasteiger partial charge in [-0.3, -0.25) is 4.79 Å². The molecule has 158 valence electrons. The highest BCUT2D eigenvalue weighted by Crippen LogP contribution is 2.51. The van der Waals surface area contributed by atoms with Gasteiger partial charge in [0.15, 0.2) is 6.29 Å². The number of aldehydes is 1. The maximum absolute atomic E-state index is 11.5. The van der Waals surface area contributed by atoms with Crippen LogP contribution in [0.15, 0.2) is 6.07 Å². The lowest BCUT2D eigenvalue weighted by atomic mass is 9.77. The topological polar surface area (TPSA) is 38.3 Å². The zero-order valence-corrected chi connectivity index (χ0v) is 21.0. The lowest BCUT2D eigenvalue weighted by molar-refractivity contribution is 0.0913. The SMILES string of the molecule is Cc1cc(C=O)c(Cl)c2c1NC(C)(C)[C@H](O[Si](C(C)C)(C(C)C)C(C)C)[C@H]2C. The molecule has 2 rings (SSSR count). The van der Waals surface area contributed by atoms with Crippen molar-refractivity contribution in [2.24, 2.45) is 0 Å². The molecule has 1 N–H and O–H groups in total. The number of carbonyl (C=O) groups is 1. The molecule has 0 unspecified atom stereocenters. The van der Waals surface area contributed by atoms with Gasteiger partial charge in [-0.25, -0.2) is 0 Å². The quantitative estimate of drug-likeness (QED) is 0.384. The molecule has 1 aromatic rings. The van der Waals surface area contributed by atoms with Crippen LogP contribution in [0.1, 0.15) is 89.7 Å². The summed E-state index contributed by atoms with van der Waals surface area (Å²) >= 11 is 6.70. The molecule has 0 radical (unpaired) electrons. The Morgan fingerprint density at radius 2 is 1.64 bits per heavy atom. The van der Waals surface area contributed by atoms with Gasteiger partial charge in [-0.15, -0.1) is 0 Å². The van der Waals surface area contributed by atoms with Crippen LogP contribution in [0, 0.1) is 6.92 Å². The van der Waals surface area contributed by atoms with Gasteiger partial charge in [0.2, 0.25) is 8.32 Å². The molecule has 1 aliphatic rings. The zero-order valence-electron chi connectivity index (χ0n) is 19.2. The van der Waals surface area contributed by atoms with Gasteiger partial charge in [-0.1, -0.05) is 60.1 Å². The van der Waals surface area contributed by atoms with Crippen molar-refractivity contribution in [3.63, 3.8) is 0 Å². The average Bonchev–Trinajstić information content (AvgIpc) is 2.56. The van der Waals surface area contributed by atoms with Gasteiger partial charge in [0.25, 0.3) is 0 Å². The Bertz CT molecular complexity index is 721. The Kier molecular flexibility index (Phi) is 6.79. The van der Waals surface area contributed by atoms with E-state index in [-0.39, 0.29) is 17.6 Å². The predicted octanol–water partition coefficient (Wildman–Crippen LogP) is 7.33. The fourth-order valence-electron chi connectivity index (χ4n) is 5.57. The number of carbonyl (C=O) groups excluding carboxylic acids is 1. The lowest BCUT2D eigenvalue weighted by Gasteiger charge is -2.52. The van der Waals surface area contributed by atoms with E-state index in [9.17, 15) is 4.79 Å². The van der Waals surface area contributed by atoms with Crippen LogP contribution in [-0.4, -0.2) is 26.2 Å². The standard InChI is InChI=1S/C23H38ClNO2Si/c1-13(2)28(14(3)4,15(5)6)27-22-17(8)19-20(24)18(12-26)11-16(7)21(19)25-23(22,9)10/h11-15,17,22,25H,1-10H3/t17-,22+/m0/s1. The summed E-state index contributed by atoms with van der Waals surface area (Å²) in [4.78, 5) is 11.5. The molecule has 0 saturated heterocycles. The fraction of sp³-hybridized carbons (Fsp3) is 0.696. The van der Waals surface area contributed by atoms with Gasteiger partial charge in [0, 0.05) is 22.7 Å². The smallest absolute Gasteiger partial charge is 0.200 e. The van der Waals surface area contributed by atoms with Gasteiger partial charge < -0.3 is 9.74 Å². The summed E-state index contributed by atoms with van der Waals surface area (Å²) in [5.41, 5.74) is 4.98. The first-order chi connectivity index (χ1) is 12.8. The van der Waals surface area contributed by atoms with Crippen LogP contribution in [0.2, 0.25) is 21.6 Å². The summed E-state index contributed by atoms with van der Waals surface area (Å²) in [6.45, 7) is 22.6. The van der Waals surface area contributed by atoms with E-state index in [1.54, 1.807) is 0 Å². The first kappa shape index (κ1) is 23.4. The number of nitrogens with one attached hydrogen (secondary N) is 1. The Morgan fingerprint density at radius 1 is 1.14 bits per heavy atom. The summed E-state index contributed by atoms with van der Waals surface area (Å²) in [5, 5.41) is 4.27. The van der Waals surface area contributed by atoms with Crippen molar-refractivity contribution in [2.45, 2.75) is 103 Å². The van der Waals surface area contributed by atoms with Crippen molar-refractivity contribution >= 4 is 31.9 Å². The molecule has 0 fully saturated rings. The summed E-state index contributed by atoms with van der Waals surface area (Å²) in [7, 11) is -2.07. The molecule has 0 aliphatic carbocycles. The minimum atomic E-state index is -2.07. The Balaban J connectivity index is 2.64. The summed E-state index contributed by atoms with van der Waals surface area (Å²) in [5.74, 6) is 0.0977. The normalized spacial score (nSPS) is 21.8. The fourth-order valence-corrected chi connectivity index (χ4v) is 11.7. The first-order valence-corrected chi connectivity index (χ1v) is 13.1. The second kappa shape index (κ2) is 8.12. The largest absolute Gasteiger partial charge is 0.410 e. The van der Waals surface area contributed by atoms with E-state index >= 15 is 0 Å². The van der Waals surface area contributed by atoms with E-state index < -0.39 is 8.32 Å². The highest BCUT2D eigenvalue weighted by molar-refractivity contribution is 6.77. The maximum Gasteiger partial charge on any atom is 0.200 e. The number of aryl methyl sites for hydroxylation is 1.